The number of nitrogens with zero attached hydrogens (tertiary/aromatic N) is 2. The highest BCUT2D eigenvalue weighted by Gasteiger charge is 2.23. The van der Waals surface area contributed by atoms with Crippen molar-refractivity contribution in [1.29, 1.82) is 0 Å². The van der Waals surface area contributed by atoms with Crippen LogP contribution in [0.5, 0.6) is 0 Å². The molecular weight excluding hydrogens is 245 g/mol. The highest BCUT2D eigenvalue weighted by atomic mass is 19.1. The first kappa shape index (κ1) is 12.3. The molecule has 0 bridgehead atoms. The smallest absolute Gasteiger partial charge is 0.257 e. The van der Waals surface area contributed by atoms with Crippen molar-refractivity contribution in [3.05, 3.63) is 35.9 Å². The van der Waals surface area contributed by atoms with E-state index < -0.39 is 0 Å². The van der Waals surface area contributed by atoms with Gasteiger partial charge in [-0.1, -0.05) is 5.16 Å². The monoisotopic (exact) mass is 261 g/mol. The molecule has 1 fully saturated rings. The van der Waals surface area contributed by atoms with Crippen LogP contribution in [0.15, 0.2) is 28.8 Å². The first-order valence-electron chi connectivity index (χ1n) is 6.55. The summed E-state index contributed by atoms with van der Waals surface area (Å²) < 4.78 is 18.1. The van der Waals surface area contributed by atoms with Gasteiger partial charge in [-0.2, -0.15) is 4.98 Å². The molecule has 2 heterocycles. The van der Waals surface area contributed by atoms with Crippen LogP contribution in [0.3, 0.4) is 0 Å². The maximum Gasteiger partial charge on any atom is 0.257 e. The van der Waals surface area contributed by atoms with Gasteiger partial charge in [0.05, 0.1) is 0 Å². The lowest BCUT2D eigenvalue weighted by atomic mass is 9.95. The van der Waals surface area contributed by atoms with Gasteiger partial charge in [0.2, 0.25) is 0 Å². The van der Waals surface area contributed by atoms with E-state index in [1.807, 2.05) is 0 Å². The van der Waals surface area contributed by atoms with Crippen molar-refractivity contribution in [2.24, 2.45) is 0 Å². The van der Waals surface area contributed by atoms with Crippen LogP contribution in [0, 0.1) is 5.82 Å². The van der Waals surface area contributed by atoms with Crippen molar-refractivity contribution in [3.63, 3.8) is 0 Å². The van der Waals surface area contributed by atoms with E-state index in [9.17, 15) is 4.39 Å². The Kier molecular flexibility index (Phi) is 3.29. The molecule has 1 N–H and O–H groups in total. The second kappa shape index (κ2) is 5.09. The Labute approximate surface area is 111 Å². The van der Waals surface area contributed by atoms with Crippen LogP contribution in [-0.2, 0) is 0 Å². The van der Waals surface area contributed by atoms with Gasteiger partial charge < -0.3 is 9.84 Å². The Morgan fingerprint density at radius 1 is 1.26 bits per heavy atom. The minimum atomic E-state index is -0.269. The van der Waals surface area contributed by atoms with Crippen LogP contribution < -0.4 is 5.32 Å². The summed E-state index contributed by atoms with van der Waals surface area (Å²) in [5.41, 5.74) is 0.747. The number of rotatable bonds is 2. The van der Waals surface area contributed by atoms with Gasteiger partial charge in [-0.15, -0.1) is 0 Å². The zero-order valence-corrected chi connectivity index (χ0v) is 10.8. The molecule has 100 valence electrons. The molecule has 5 heteroatoms. The SMILES string of the molecule is CC1CCC(c2noc(-c3ccc(F)cc3)n2)CN1. The average Bonchev–Trinajstić information content (AvgIpc) is 2.90. The van der Waals surface area contributed by atoms with E-state index in [1.54, 1.807) is 12.1 Å². The number of nitrogens with one attached hydrogen (secondary N) is 1. The summed E-state index contributed by atoms with van der Waals surface area (Å²) in [6.45, 7) is 3.06. The molecule has 2 aromatic rings. The minimum absolute atomic E-state index is 0.269. The van der Waals surface area contributed by atoms with Gasteiger partial charge in [-0.05, 0) is 44.0 Å². The molecule has 0 saturated carbocycles. The molecule has 2 atom stereocenters. The van der Waals surface area contributed by atoms with Gasteiger partial charge in [-0.3, -0.25) is 0 Å². The van der Waals surface area contributed by atoms with Gasteiger partial charge in [0.15, 0.2) is 5.82 Å². The first-order chi connectivity index (χ1) is 9.22. The Balaban J connectivity index is 1.77. The van der Waals surface area contributed by atoms with Crippen LogP contribution in [0.2, 0.25) is 0 Å². The minimum Gasteiger partial charge on any atom is -0.334 e. The summed E-state index contributed by atoms with van der Waals surface area (Å²) in [4.78, 5) is 4.42. The molecule has 0 aliphatic carbocycles. The van der Waals surface area contributed by atoms with E-state index in [2.05, 4.69) is 22.4 Å². The number of benzene rings is 1. The van der Waals surface area contributed by atoms with Crippen LogP contribution in [0.25, 0.3) is 11.5 Å². The molecule has 2 unspecified atom stereocenters. The van der Waals surface area contributed by atoms with Crippen molar-refractivity contribution in [3.8, 4) is 11.5 Å². The van der Waals surface area contributed by atoms with E-state index in [-0.39, 0.29) is 5.82 Å². The zero-order valence-electron chi connectivity index (χ0n) is 10.8. The summed E-state index contributed by atoms with van der Waals surface area (Å²) in [5, 5.41) is 7.46. The highest BCUT2D eigenvalue weighted by molar-refractivity contribution is 5.52. The van der Waals surface area contributed by atoms with E-state index in [1.165, 1.54) is 12.1 Å². The van der Waals surface area contributed by atoms with Gasteiger partial charge in [0.25, 0.3) is 5.89 Å². The molecule has 1 aliphatic heterocycles. The second-order valence-electron chi connectivity index (χ2n) is 5.05. The third kappa shape index (κ3) is 2.66. The maximum atomic E-state index is 12.9. The molecule has 19 heavy (non-hydrogen) atoms. The normalized spacial score (nSPS) is 23.5. The lowest BCUT2D eigenvalue weighted by Gasteiger charge is -2.25. The summed E-state index contributed by atoms with van der Waals surface area (Å²) >= 11 is 0. The molecule has 4 nitrogen and oxygen atoms in total. The Bertz CT molecular complexity index is 544. The summed E-state index contributed by atoms with van der Waals surface area (Å²) in [6, 6.07) is 6.63. The van der Waals surface area contributed by atoms with Crippen LogP contribution in [0.1, 0.15) is 31.5 Å². The standard InChI is InChI=1S/C14H16FN3O/c1-9-2-3-11(8-16-9)13-17-14(19-18-13)10-4-6-12(15)7-5-10/h4-7,9,11,16H,2-3,8H2,1H3. The quantitative estimate of drug-likeness (QED) is 0.903. The van der Waals surface area contributed by atoms with Crippen LogP contribution >= 0.6 is 0 Å². The summed E-state index contributed by atoms with van der Waals surface area (Å²) in [6.07, 6.45) is 2.18. The summed E-state index contributed by atoms with van der Waals surface area (Å²) in [5.74, 6) is 1.22. The molecule has 1 aliphatic rings. The lowest BCUT2D eigenvalue weighted by molar-refractivity contribution is 0.358. The molecule has 0 radical (unpaired) electrons. The van der Waals surface area contributed by atoms with E-state index in [0.29, 0.717) is 17.9 Å². The number of hydrogen-bond donors (Lipinski definition) is 1. The van der Waals surface area contributed by atoms with Gasteiger partial charge in [-0.25, -0.2) is 4.39 Å². The van der Waals surface area contributed by atoms with Crippen molar-refractivity contribution in [2.45, 2.75) is 31.7 Å². The Hall–Kier alpha value is -1.75. The number of aromatic nitrogens is 2. The number of halogens is 1. The highest BCUT2D eigenvalue weighted by Crippen LogP contribution is 2.25. The van der Waals surface area contributed by atoms with E-state index >= 15 is 0 Å². The molecule has 0 spiro atoms. The fourth-order valence-electron chi connectivity index (χ4n) is 2.33. The molecule has 0 amide bonds. The zero-order chi connectivity index (χ0) is 13.2. The average molecular weight is 261 g/mol. The lowest BCUT2D eigenvalue weighted by Crippen LogP contribution is -2.36. The van der Waals surface area contributed by atoms with Gasteiger partial charge >= 0.3 is 0 Å². The van der Waals surface area contributed by atoms with Gasteiger partial charge in [0, 0.05) is 24.1 Å². The predicted molar refractivity (Wildman–Crippen MR) is 69.1 cm³/mol. The predicted octanol–water partition coefficient (Wildman–Crippen LogP) is 2.73. The number of hydrogen-bond acceptors (Lipinski definition) is 4. The third-order valence-electron chi connectivity index (χ3n) is 3.56. The molecular formula is C14H16FN3O. The van der Waals surface area contributed by atoms with Crippen molar-refractivity contribution in [2.75, 3.05) is 6.54 Å². The van der Waals surface area contributed by atoms with Crippen LogP contribution in [-0.4, -0.2) is 22.7 Å². The fraction of sp³-hybridized carbons (Fsp3) is 0.429. The Morgan fingerprint density at radius 3 is 2.74 bits per heavy atom. The molecule has 3 rings (SSSR count). The second-order valence-corrected chi connectivity index (χ2v) is 5.05. The van der Waals surface area contributed by atoms with Gasteiger partial charge in [0.1, 0.15) is 5.82 Å². The maximum absolute atomic E-state index is 12.9. The molecule has 1 saturated heterocycles. The molecule has 1 aromatic heterocycles. The van der Waals surface area contributed by atoms with Crippen LogP contribution in [0.4, 0.5) is 4.39 Å². The van der Waals surface area contributed by atoms with Crippen molar-refractivity contribution >= 4 is 0 Å². The van der Waals surface area contributed by atoms with E-state index in [0.717, 1.165) is 30.8 Å². The van der Waals surface area contributed by atoms with Crippen molar-refractivity contribution in [1.82, 2.24) is 15.5 Å². The molecule has 1 aromatic carbocycles. The largest absolute Gasteiger partial charge is 0.334 e. The van der Waals surface area contributed by atoms with Crippen molar-refractivity contribution < 1.29 is 8.91 Å². The van der Waals surface area contributed by atoms with E-state index in [4.69, 9.17) is 4.52 Å². The Morgan fingerprint density at radius 2 is 2.05 bits per heavy atom. The third-order valence-corrected chi connectivity index (χ3v) is 3.56. The fourth-order valence-corrected chi connectivity index (χ4v) is 2.33. The number of piperidine rings is 1. The summed E-state index contributed by atoms with van der Waals surface area (Å²) in [7, 11) is 0. The topological polar surface area (TPSA) is 51.0 Å². The first-order valence-corrected chi connectivity index (χ1v) is 6.55.